The van der Waals surface area contributed by atoms with E-state index in [2.05, 4.69) is 4.98 Å². The molecule has 2 saturated heterocycles. The van der Waals surface area contributed by atoms with Crippen LogP contribution in [0.25, 0.3) is 0 Å². The van der Waals surface area contributed by atoms with E-state index in [9.17, 15) is 22.4 Å². The highest BCUT2D eigenvalue weighted by molar-refractivity contribution is 5.90. The minimum Gasteiger partial charge on any atom is -0.316 e. The van der Waals surface area contributed by atoms with E-state index in [1.54, 1.807) is 11.1 Å². The summed E-state index contributed by atoms with van der Waals surface area (Å²) in [6.45, 7) is 0. The van der Waals surface area contributed by atoms with E-state index in [0.29, 0.717) is 12.8 Å². The largest absolute Gasteiger partial charge is 0.416 e. The molecule has 3 heterocycles. The van der Waals surface area contributed by atoms with Gasteiger partial charge in [-0.05, 0) is 62.1 Å². The molecule has 0 aliphatic carbocycles. The topological polar surface area (TPSA) is 36.4 Å². The number of carbonyl (C=O) groups is 1. The van der Waals surface area contributed by atoms with Gasteiger partial charge in [-0.2, -0.15) is 13.2 Å². The summed E-state index contributed by atoms with van der Waals surface area (Å²) >= 11 is 0. The maximum atomic E-state index is 14.7. The van der Waals surface area contributed by atoms with Crippen LogP contribution in [0.15, 0.2) is 48.7 Å². The van der Waals surface area contributed by atoms with E-state index in [0.717, 1.165) is 42.8 Å². The number of fused-ring (bicyclic) bond motifs is 2. The fourth-order valence-electron chi connectivity index (χ4n) is 4.34. The first-order chi connectivity index (χ1) is 13.3. The quantitative estimate of drug-likeness (QED) is 0.511. The minimum absolute atomic E-state index is 0.0490. The van der Waals surface area contributed by atoms with E-state index in [4.69, 9.17) is 0 Å². The van der Waals surface area contributed by atoms with E-state index < -0.39 is 17.8 Å². The number of nitrogens with zero attached hydrogens (tertiary/aromatic N) is 3. The summed E-state index contributed by atoms with van der Waals surface area (Å²) in [4.78, 5) is 18.7. The number of piperidine rings is 1. The van der Waals surface area contributed by atoms with Crippen molar-refractivity contribution in [3.05, 3.63) is 59.9 Å². The number of aromatic nitrogens is 1. The molecule has 148 valence electrons. The summed E-state index contributed by atoms with van der Waals surface area (Å²) in [5.41, 5.74) is -0.107. The van der Waals surface area contributed by atoms with Gasteiger partial charge in [0.15, 0.2) is 0 Å². The molecule has 2 amide bonds. The lowest BCUT2D eigenvalue weighted by Crippen LogP contribution is -2.50. The summed E-state index contributed by atoms with van der Waals surface area (Å²) in [6.07, 6.45) is 0.236. The molecule has 0 N–H and O–H groups in total. The molecule has 4 nitrogen and oxygen atoms in total. The van der Waals surface area contributed by atoms with Gasteiger partial charge in [0.1, 0.15) is 0 Å². The van der Waals surface area contributed by atoms with Crippen LogP contribution in [0.3, 0.4) is 0 Å². The third-order valence-electron chi connectivity index (χ3n) is 5.65. The second-order valence-electron chi connectivity index (χ2n) is 7.32. The molecule has 2 atom stereocenters. The van der Waals surface area contributed by atoms with E-state index in [1.807, 2.05) is 18.2 Å². The Bertz CT molecular complexity index is 827. The van der Waals surface area contributed by atoms with Gasteiger partial charge < -0.3 is 4.90 Å². The predicted molar refractivity (Wildman–Crippen MR) is 95.3 cm³/mol. The van der Waals surface area contributed by atoms with Gasteiger partial charge in [0.2, 0.25) is 0 Å². The first-order valence-electron chi connectivity index (χ1n) is 9.21. The number of anilines is 1. The number of pyridine rings is 1. The average molecular weight is 393 g/mol. The standard InChI is InChI=1S/C20H19F4N3O/c21-20(22,23)14-4-6-15(7-5-14)27(24)19(28)26-16-8-9-17(26)12-13(11-16)18-3-1-2-10-25-18/h1-7,10,13,16-17H,8-9,11-12H2. The molecule has 0 saturated carbocycles. The molecule has 2 aliphatic rings. The number of urea groups is 1. The molecule has 2 aliphatic heterocycles. The monoisotopic (exact) mass is 393 g/mol. The summed E-state index contributed by atoms with van der Waals surface area (Å²) < 4.78 is 52.7. The van der Waals surface area contributed by atoms with Gasteiger partial charge in [-0.1, -0.05) is 10.5 Å². The highest BCUT2D eigenvalue weighted by atomic mass is 19.4. The second kappa shape index (κ2) is 7.07. The van der Waals surface area contributed by atoms with Gasteiger partial charge in [-0.25, -0.2) is 4.79 Å². The first kappa shape index (κ1) is 18.7. The van der Waals surface area contributed by atoms with Crippen molar-refractivity contribution in [3.8, 4) is 0 Å². The molecule has 1 aromatic carbocycles. The fraction of sp³-hybridized carbons (Fsp3) is 0.400. The Kier molecular flexibility index (Phi) is 4.72. The maximum absolute atomic E-state index is 14.7. The zero-order valence-corrected chi connectivity index (χ0v) is 14.9. The molecule has 2 fully saturated rings. The van der Waals surface area contributed by atoms with Crippen LogP contribution in [0, 0.1) is 0 Å². The zero-order chi connectivity index (χ0) is 19.9. The molecular formula is C20H19F4N3O. The highest BCUT2D eigenvalue weighted by Crippen LogP contribution is 2.43. The van der Waals surface area contributed by atoms with Crippen LogP contribution in [0.4, 0.5) is 28.1 Å². The molecule has 28 heavy (non-hydrogen) atoms. The lowest BCUT2D eigenvalue weighted by atomic mass is 9.88. The molecular weight excluding hydrogens is 374 g/mol. The van der Waals surface area contributed by atoms with Crippen LogP contribution in [-0.2, 0) is 6.18 Å². The van der Waals surface area contributed by atoms with Gasteiger partial charge in [-0.15, -0.1) is 5.12 Å². The van der Waals surface area contributed by atoms with Crippen LogP contribution in [0.5, 0.6) is 0 Å². The van der Waals surface area contributed by atoms with Crippen LogP contribution in [-0.4, -0.2) is 28.0 Å². The number of hydrogen-bond donors (Lipinski definition) is 0. The smallest absolute Gasteiger partial charge is 0.316 e. The van der Waals surface area contributed by atoms with Crippen molar-refractivity contribution in [2.45, 2.75) is 49.9 Å². The normalized spacial score (nSPS) is 24.3. The second-order valence-corrected chi connectivity index (χ2v) is 7.32. The van der Waals surface area contributed by atoms with E-state index >= 15 is 0 Å². The fourth-order valence-corrected chi connectivity index (χ4v) is 4.34. The number of hydrogen-bond acceptors (Lipinski definition) is 2. The first-order valence-corrected chi connectivity index (χ1v) is 9.21. The lowest BCUT2D eigenvalue weighted by Gasteiger charge is -2.39. The van der Waals surface area contributed by atoms with Crippen LogP contribution < -0.4 is 5.12 Å². The highest BCUT2D eigenvalue weighted by Gasteiger charge is 2.45. The summed E-state index contributed by atoms with van der Waals surface area (Å²) in [5, 5.41) is -0.0490. The molecule has 2 unspecified atom stereocenters. The maximum Gasteiger partial charge on any atom is 0.416 e. The number of carbonyl (C=O) groups excluding carboxylic acids is 1. The third-order valence-corrected chi connectivity index (χ3v) is 5.65. The van der Waals surface area contributed by atoms with Crippen molar-refractivity contribution in [2.24, 2.45) is 0 Å². The van der Waals surface area contributed by atoms with E-state index in [-0.39, 0.29) is 28.8 Å². The Morgan fingerprint density at radius 2 is 1.68 bits per heavy atom. The van der Waals surface area contributed by atoms with Crippen molar-refractivity contribution in [1.29, 1.82) is 0 Å². The van der Waals surface area contributed by atoms with Gasteiger partial charge in [-0.3, -0.25) is 4.98 Å². The van der Waals surface area contributed by atoms with Crippen molar-refractivity contribution >= 4 is 11.7 Å². The van der Waals surface area contributed by atoms with Gasteiger partial charge in [0, 0.05) is 29.9 Å². The molecule has 2 bridgehead atoms. The molecule has 8 heteroatoms. The van der Waals surface area contributed by atoms with Crippen LogP contribution in [0.2, 0.25) is 0 Å². The van der Waals surface area contributed by atoms with Crippen LogP contribution >= 0.6 is 0 Å². The Morgan fingerprint density at radius 3 is 2.21 bits per heavy atom. The number of alkyl halides is 3. The third kappa shape index (κ3) is 3.43. The Hall–Kier alpha value is -2.64. The number of amides is 2. The number of benzene rings is 1. The van der Waals surface area contributed by atoms with Gasteiger partial charge in [0.25, 0.3) is 0 Å². The minimum atomic E-state index is -4.50. The molecule has 0 spiro atoms. The Balaban J connectivity index is 1.48. The summed E-state index contributed by atoms with van der Waals surface area (Å²) in [5.74, 6) is 0.224. The molecule has 1 aromatic heterocycles. The summed E-state index contributed by atoms with van der Waals surface area (Å²) in [6, 6.07) is 8.24. The number of halogens is 4. The average Bonchev–Trinajstić information content (AvgIpc) is 2.96. The zero-order valence-electron chi connectivity index (χ0n) is 14.9. The molecule has 0 radical (unpaired) electrons. The van der Waals surface area contributed by atoms with E-state index in [1.165, 1.54) is 0 Å². The summed E-state index contributed by atoms with van der Waals surface area (Å²) in [7, 11) is 0. The van der Waals surface area contributed by atoms with Gasteiger partial charge in [0.05, 0.1) is 11.3 Å². The van der Waals surface area contributed by atoms with Crippen molar-refractivity contribution in [2.75, 3.05) is 5.12 Å². The van der Waals surface area contributed by atoms with Crippen molar-refractivity contribution in [1.82, 2.24) is 9.88 Å². The van der Waals surface area contributed by atoms with Crippen LogP contribution in [0.1, 0.15) is 42.9 Å². The van der Waals surface area contributed by atoms with Crippen molar-refractivity contribution in [3.63, 3.8) is 0 Å². The van der Waals surface area contributed by atoms with Crippen molar-refractivity contribution < 1.29 is 22.4 Å². The Morgan fingerprint density at radius 1 is 1.04 bits per heavy atom. The number of rotatable bonds is 2. The SMILES string of the molecule is O=C(N(F)c1ccc(C(F)(F)F)cc1)N1C2CCC1CC(c1ccccn1)C2. The Labute approximate surface area is 159 Å². The molecule has 2 aromatic rings. The lowest BCUT2D eigenvalue weighted by molar-refractivity contribution is -0.137. The van der Waals surface area contributed by atoms with Gasteiger partial charge >= 0.3 is 12.2 Å². The molecule has 4 rings (SSSR count). The predicted octanol–water partition coefficient (Wildman–Crippen LogP) is 5.32.